The third-order valence-electron chi connectivity index (χ3n) is 2.26. The second-order valence-corrected chi connectivity index (χ2v) is 3.48. The van der Waals surface area contributed by atoms with Crippen molar-refractivity contribution >= 4 is 16.6 Å². The van der Waals surface area contributed by atoms with Crippen molar-refractivity contribution in [1.29, 1.82) is 0 Å². The van der Waals surface area contributed by atoms with Crippen molar-refractivity contribution in [3.05, 3.63) is 24.4 Å². The maximum absolute atomic E-state index is 9.32. The Balaban J connectivity index is 2.39. The number of rotatable bonds is 3. The van der Waals surface area contributed by atoms with Crippen LogP contribution in [0.15, 0.2) is 24.4 Å². The van der Waals surface area contributed by atoms with E-state index in [1.807, 2.05) is 6.07 Å². The van der Waals surface area contributed by atoms with E-state index in [2.05, 4.69) is 5.10 Å². The quantitative estimate of drug-likeness (QED) is 0.617. The predicted octanol–water partition coefficient (Wildman–Crippen LogP) is -0.0283. The molecule has 1 atom stereocenters. The summed E-state index contributed by atoms with van der Waals surface area (Å²) < 4.78 is 1.63. The van der Waals surface area contributed by atoms with Crippen LogP contribution in [0.5, 0.6) is 0 Å². The van der Waals surface area contributed by atoms with Crippen molar-refractivity contribution in [1.82, 2.24) is 9.78 Å². The van der Waals surface area contributed by atoms with Gasteiger partial charge in [0.05, 0.1) is 31.0 Å². The lowest BCUT2D eigenvalue weighted by Crippen LogP contribution is -2.20. The monoisotopic (exact) mass is 207 g/mol. The lowest BCUT2D eigenvalue weighted by atomic mass is 10.2. The molecule has 2 rings (SSSR count). The van der Waals surface area contributed by atoms with Gasteiger partial charge in [-0.25, -0.2) is 0 Å². The highest BCUT2D eigenvalue weighted by Crippen LogP contribution is 2.17. The van der Waals surface area contributed by atoms with Crippen LogP contribution in [-0.4, -0.2) is 32.7 Å². The fourth-order valence-corrected chi connectivity index (χ4v) is 1.49. The molecule has 0 saturated heterocycles. The van der Waals surface area contributed by atoms with E-state index in [0.717, 1.165) is 10.9 Å². The van der Waals surface area contributed by atoms with E-state index in [-0.39, 0.29) is 13.2 Å². The molecule has 0 saturated carbocycles. The van der Waals surface area contributed by atoms with E-state index in [1.54, 1.807) is 23.0 Å². The standard InChI is InChI=1S/C10H13N3O2/c11-8-2-1-7-4-12-13(10(7)3-8)5-9(15)6-14/h1-4,9,14-15H,5-6,11H2. The molecule has 0 aliphatic heterocycles. The summed E-state index contributed by atoms with van der Waals surface area (Å²) in [4.78, 5) is 0. The minimum atomic E-state index is -0.797. The summed E-state index contributed by atoms with van der Waals surface area (Å²) in [6.07, 6.45) is 0.910. The first kappa shape index (κ1) is 9.95. The van der Waals surface area contributed by atoms with Crippen LogP contribution in [0.1, 0.15) is 0 Å². The molecule has 0 fully saturated rings. The van der Waals surface area contributed by atoms with Crippen molar-refractivity contribution in [2.24, 2.45) is 0 Å². The Labute approximate surface area is 86.7 Å². The van der Waals surface area contributed by atoms with Gasteiger partial charge in [0.2, 0.25) is 0 Å². The second-order valence-electron chi connectivity index (χ2n) is 3.48. The zero-order valence-corrected chi connectivity index (χ0v) is 8.17. The highest BCUT2D eigenvalue weighted by atomic mass is 16.3. The summed E-state index contributed by atoms with van der Waals surface area (Å²) in [5.41, 5.74) is 7.18. The highest BCUT2D eigenvalue weighted by molar-refractivity contribution is 5.81. The average molecular weight is 207 g/mol. The molecule has 0 aliphatic carbocycles. The maximum Gasteiger partial charge on any atom is 0.0966 e. The van der Waals surface area contributed by atoms with Gasteiger partial charge in [0.25, 0.3) is 0 Å². The largest absolute Gasteiger partial charge is 0.399 e. The number of aliphatic hydroxyl groups is 2. The molecule has 0 bridgehead atoms. The third-order valence-corrected chi connectivity index (χ3v) is 2.26. The Hall–Kier alpha value is -1.59. The molecule has 0 aliphatic rings. The van der Waals surface area contributed by atoms with Crippen LogP contribution in [0.2, 0.25) is 0 Å². The highest BCUT2D eigenvalue weighted by Gasteiger charge is 2.07. The van der Waals surface area contributed by atoms with Gasteiger partial charge in [-0.1, -0.05) is 0 Å². The maximum atomic E-state index is 9.32. The summed E-state index contributed by atoms with van der Waals surface area (Å²) in [7, 11) is 0. The Bertz CT molecular complexity index is 467. The Morgan fingerprint density at radius 1 is 1.47 bits per heavy atom. The molecule has 1 aromatic heterocycles. The van der Waals surface area contributed by atoms with Gasteiger partial charge < -0.3 is 15.9 Å². The van der Waals surface area contributed by atoms with Crippen LogP contribution in [0.4, 0.5) is 5.69 Å². The Morgan fingerprint density at radius 3 is 3.00 bits per heavy atom. The van der Waals surface area contributed by atoms with E-state index in [4.69, 9.17) is 10.8 Å². The van der Waals surface area contributed by atoms with Crippen LogP contribution in [-0.2, 0) is 6.54 Å². The molecular formula is C10H13N3O2. The molecule has 80 valence electrons. The summed E-state index contributed by atoms with van der Waals surface area (Å²) in [6, 6.07) is 5.47. The fraction of sp³-hybridized carbons (Fsp3) is 0.300. The van der Waals surface area contributed by atoms with Crippen LogP contribution < -0.4 is 5.73 Å². The Morgan fingerprint density at radius 2 is 2.27 bits per heavy atom. The summed E-state index contributed by atoms with van der Waals surface area (Å²) in [5.74, 6) is 0. The SMILES string of the molecule is Nc1ccc2cnn(CC(O)CO)c2c1. The van der Waals surface area contributed by atoms with Crippen LogP contribution in [0, 0.1) is 0 Å². The molecule has 4 N–H and O–H groups in total. The van der Waals surface area contributed by atoms with Crippen LogP contribution in [0.3, 0.4) is 0 Å². The first-order valence-corrected chi connectivity index (χ1v) is 4.70. The number of benzene rings is 1. The van der Waals surface area contributed by atoms with Crippen LogP contribution >= 0.6 is 0 Å². The molecule has 5 heteroatoms. The topological polar surface area (TPSA) is 84.3 Å². The number of hydrogen-bond acceptors (Lipinski definition) is 4. The number of hydrogen-bond donors (Lipinski definition) is 3. The van der Waals surface area contributed by atoms with Gasteiger partial charge in [-0.15, -0.1) is 0 Å². The number of aliphatic hydroxyl groups excluding tert-OH is 2. The minimum absolute atomic E-state index is 0.267. The van der Waals surface area contributed by atoms with Gasteiger partial charge in [0.15, 0.2) is 0 Å². The van der Waals surface area contributed by atoms with E-state index >= 15 is 0 Å². The minimum Gasteiger partial charge on any atom is -0.399 e. The molecule has 0 spiro atoms. The second kappa shape index (κ2) is 3.88. The van der Waals surface area contributed by atoms with Crippen molar-refractivity contribution in [3.8, 4) is 0 Å². The fourth-order valence-electron chi connectivity index (χ4n) is 1.49. The summed E-state index contributed by atoms with van der Waals surface area (Å²) >= 11 is 0. The molecule has 2 aromatic rings. The van der Waals surface area contributed by atoms with E-state index < -0.39 is 6.10 Å². The van der Waals surface area contributed by atoms with Crippen molar-refractivity contribution in [2.45, 2.75) is 12.6 Å². The van der Waals surface area contributed by atoms with Crippen molar-refractivity contribution in [2.75, 3.05) is 12.3 Å². The third kappa shape index (κ3) is 1.93. The first-order valence-electron chi connectivity index (χ1n) is 4.70. The Kier molecular flexibility index (Phi) is 2.57. The van der Waals surface area contributed by atoms with E-state index in [1.165, 1.54) is 0 Å². The summed E-state index contributed by atoms with van der Waals surface area (Å²) in [5, 5.41) is 23.1. The number of aromatic nitrogens is 2. The van der Waals surface area contributed by atoms with Crippen molar-refractivity contribution < 1.29 is 10.2 Å². The lowest BCUT2D eigenvalue weighted by molar-refractivity contribution is 0.0793. The lowest BCUT2D eigenvalue weighted by Gasteiger charge is -2.08. The van der Waals surface area contributed by atoms with Crippen molar-refractivity contribution in [3.63, 3.8) is 0 Å². The predicted molar refractivity (Wildman–Crippen MR) is 57.2 cm³/mol. The van der Waals surface area contributed by atoms with Gasteiger partial charge in [-0.3, -0.25) is 4.68 Å². The van der Waals surface area contributed by atoms with Gasteiger partial charge in [-0.05, 0) is 18.2 Å². The van der Waals surface area contributed by atoms with Gasteiger partial charge in [-0.2, -0.15) is 5.10 Å². The molecule has 1 aromatic carbocycles. The zero-order chi connectivity index (χ0) is 10.8. The number of nitrogen functional groups attached to an aromatic ring is 1. The smallest absolute Gasteiger partial charge is 0.0966 e. The van der Waals surface area contributed by atoms with E-state index in [0.29, 0.717) is 5.69 Å². The molecule has 0 radical (unpaired) electrons. The molecule has 1 heterocycles. The van der Waals surface area contributed by atoms with E-state index in [9.17, 15) is 5.11 Å². The molecule has 1 unspecified atom stereocenters. The number of nitrogens with zero attached hydrogens (tertiary/aromatic N) is 2. The first-order chi connectivity index (χ1) is 7.20. The zero-order valence-electron chi connectivity index (χ0n) is 8.17. The van der Waals surface area contributed by atoms with Gasteiger partial charge in [0, 0.05) is 11.1 Å². The van der Waals surface area contributed by atoms with Crippen LogP contribution in [0.25, 0.3) is 10.9 Å². The number of anilines is 1. The van der Waals surface area contributed by atoms with Gasteiger partial charge in [0.1, 0.15) is 0 Å². The molecule has 15 heavy (non-hydrogen) atoms. The number of fused-ring (bicyclic) bond motifs is 1. The molecule has 0 amide bonds. The summed E-state index contributed by atoms with van der Waals surface area (Å²) in [6.45, 7) is -0.00682. The molecular weight excluding hydrogens is 194 g/mol. The molecule has 5 nitrogen and oxygen atoms in total. The number of nitrogens with two attached hydrogens (primary N) is 1. The normalized spacial score (nSPS) is 13.2. The average Bonchev–Trinajstić information content (AvgIpc) is 2.61. The van der Waals surface area contributed by atoms with Gasteiger partial charge >= 0.3 is 0 Å².